The van der Waals surface area contributed by atoms with Crippen molar-refractivity contribution in [2.45, 2.75) is 50.7 Å². The molecule has 8 heteroatoms. The van der Waals surface area contributed by atoms with Crippen LogP contribution in [0.1, 0.15) is 32.1 Å². The summed E-state index contributed by atoms with van der Waals surface area (Å²) in [5.74, 6) is 1.12. The second-order valence-electron chi connectivity index (χ2n) is 8.03. The van der Waals surface area contributed by atoms with Gasteiger partial charge in [-0.1, -0.05) is 6.07 Å². The molecule has 2 N–H and O–H groups in total. The van der Waals surface area contributed by atoms with Crippen molar-refractivity contribution < 1.29 is 9.59 Å². The Morgan fingerprint density at radius 2 is 2.04 bits per heavy atom. The maximum absolute atomic E-state index is 12.6. The second kappa shape index (κ2) is 9.09. The number of nitrogens with zero attached hydrogens (tertiary/aromatic N) is 2. The number of hydrogen-bond acceptors (Lipinski definition) is 4. The van der Waals surface area contributed by atoms with Gasteiger partial charge in [-0.2, -0.15) is 0 Å². The van der Waals surface area contributed by atoms with Crippen molar-refractivity contribution in [3.05, 3.63) is 34.7 Å². The Morgan fingerprint density at radius 1 is 1.21 bits per heavy atom. The molecule has 4 heterocycles. The highest BCUT2D eigenvalue weighted by atomic mass is 35.5. The van der Waals surface area contributed by atoms with Crippen molar-refractivity contribution in [3.63, 3.8) is 0 Å². The predicted octanol–water partition coefficient (Wildman–Crippen LogP) is 0.765. The molecule has 0 unspecified atom stereocenters. The lowest BCUT2D eigenvalue weighted by atomic mass is 9.72. The molecule has 7 nitrogen and oxygen atoms in total. The molecule has 3 saturated heterocycles. The third-order valence-electron chi connectivity index (χ3n) is 6.39. The lowest BCUT2D eigenvalue weighted by molar-refractivity contribution is -0.149. The van der Waals surface area contributed by atoms with Gasteiger partial charge >= 0.3 is 0 Å². The molecule has 3 fully saturated rings. The fraction of sp³-hybridized carbons (Fsp3) is 0.650. The summed E-state index contributed by atoms with van der Waals surface area (Å²) in [6, 6.07) is 5.37. The fourth-order valence-electron chi connectivity index (χ4n) is 5.07. The molecule has 154 valence electrons. The van der Waals surface area contributed by atoms with Crippen molar-refractivity contribution in [3.8, 4) is 0 Å². The number of hydrogen-bond donors (Lipinski definition) is 2. The zero-order valence-corrected chi connectivity index (χ0v) is 16.8. The Bertz CT molecular complexity index is 768. The molecule has 28 heavy (non-hydrogen) atoms. The quantitative estimate of drug-likeness (QED) is 0.753. The Labute approximate surface area is 171 Å². The van der Waals surface area contributed by atoms with E-state index in [9.17, 15) is 14.4 Å². The predicted molar refractivity (Wildman–Crippen MR) is 108 cm³/mol. The molecule has 2 amide bonds. The number of amides is 2. The second-order valence-corrected chi connectivity index (χ2v) is 8.03. The Balaban J connectivity index is 0.00000225. The molecular formula is C20H29ClN4O3. The number of nitrogens with one attached hydrogen (secondary N) is 2. The molecule has 4 atom stereocenters. The third kappa shape index (κ3) is 4.25. The first kappa shape index (κ1) is 20.9. The lowest BCUT2D eigenvalue weighted by Gasteiger charge is -2.54. The average molecular weight is 409 g/mol. The minimum Gasteiger partial charge on any atom is -0.354 e. The number of aryl methyl sites for hydroxylation is 1. The van der Waals surface area contributed by atoms with E-state index >= 15 is 0 Å². The van der Waals surface area contributed by atoms with Crippen LogP contribution < -0.4 is 16.2 Å². The van der Waals surface area contributed by atoms with E-state index in [0.29, 0.717) is 37.4 Å². The molecule has 3 aliphatic rings. The highest BCUT2D eigenvalue weighted by Crippen LogP contribution is 2.39. The molecule has 2 bridgehead atoms. The van der Waals surface area contributed by atoms with Crippen LogP contribution in [0.5, 0.6) is 0 Å². The number of fused-ring (bicyclic) bond motifs is 4. The van der Waals surface area contributed by atoms with Crippen LogP contribution in [0.2, 0.25) is 0 Å². The van der Waals surface area contributed by atoms with Crippen LogP contribution in [0.3, 0.4) is 0 Å². The van der Waals surface area contributed by atoms with Gasteiger partial charge in [-0.15, -0.1) is 12.4 Å². The fourth-order valence-corrected chi connectivity index (χ4v) is 5.07. The normalized spacial score (nSPS) is 28.9. The third-order valence-corrected chi connectivity index (χ3v) is 6.39. The van der Waals surface area contributed by atoms with E-state index in [1.807, 2.05) is 0 Å². The van der Waals surface area contributed by atoms with E-state index in [-0.39, 0.29) is 42.2 Å². The Morgan fingerprint density at radius 3 is 2.86 bits per heavy atom. The number of aromatic nitrogens is 1. The van der Waals surface area contributed by atoms with Crippen molar-refractivity contribution in [1.29, 1.82) is 0 Å². The van der Waals surface area contributed by atoms with E-state index < -0.39 is 0 Å². The average Bonchev–Trinajstić information content (AvgIpc) is 2.68. The van der Waals surface area contributed by atoms with Crippen molar-refractivity contribution in [2.75, 3.05) is 19.6 Å². The van der Waals surface area contributed by atoms with Gasteiger partial charge in [-0.05, 0) is 43.7 Å². The van der Waals surface area contributed by atoms with Crippen molar-refractivity contribution >= 4 is 24.2 Å². The molecule has 0 aromatic carbocycles. The standard InChI is InChI=1S/C20H28N4O3.ClH/c25-18(7-9-23-8-2-1-5-19(23)26)22-13-17-15-10-14(11-21-12-15)16-4-3-6-20(27)24(16)17;/h1-2,5,8,14-17,21H,3-4,6-7,9-13H2,(H,22,25);1H/t14-,15+,16+,17+;/m1./s1. The largest absolute Gasteiger partial charge is 0.354 e. The van der Waals surface area contributed by atoms with Gasteiger partial charge in [0.2, 0.25) is 11.8 Å². The van der Waals surface area contributed by atoms with Crippen LogP contribution in [0.25, 0.3) is 0 Å². The molecule has 4 rings (SSSR count). The highest BCUT2D eigenvalue weighted by Gasteiger charge is 2.47. The van der Waals surface area contributed by atoms with Gasteiger partial charge in [0, 0.05) is 50.8 Å². The number of pyridine rings is 1. The van der Waals surface area contributed by atoms with E-state index in [4.69, 9.17) is 0 Å². The minimum atomic E-state index is -0.0985. The first-order valence-corrected chi connectivity index (χ1v) is 10.1. The van der Waals surface area contributed by atoms with Crippen LogP contribution >= 0.6 is 12.4 Å². The van der Waals surface area contributed by atoms with Crippen LogP contribution in [0, 0.1) is 11.8 Å². The van der Waals surface area contributed by atoms with Gasteiger partial charge in [-0.25, -0.2) is 0 Å². The number of piperidine rings is 3. The summed E-state index contributed by atoms with van der Waals surface area (Å²) in [5.41, 5.74) is -0.0985. The van der Waals surface area contributed by atoms with Crippen molar-refractivity contribution in [2.24, 2.45) is 11.8 Å². The molecule has 3 aliphatic heterocycles. The van der Waals surface area contributed by atoms with Gasteiger partial charge in [0.25, 0.3) is 5.56 Å². The Hall–Kier alpha value is -1.86. The molecule has 0 aliphatic carbocycles. The van der Waals surface area contributed by atoms with Gasteiger partial charge in [-0.3, -0.25) is 14.4 Å². The molecule has 1 aromatic rings. The van der Waals surface area contributed by atoms with E-state index in [1.54, 1.807) is 22.9 Å². The summed E-state index contributed by atoms with van der Waals surface area (Å²) in [5, 5.41) is 6.54. The lowest BCUT2D eigenvalue weighted by Crippen LogP contribution is -2.66. The first-order chi connectivity index (χ1) is 13.1. The van der Waals surface area contributed by atoms with Crippen LogP contribution in [-0.2, 0) is 16.1 Å². The minimum absolute atomic E-state index is 0. The smallest absolute Gasteiger partial charge is 0.250 e. The summed E-state index contributed by atoms with van der Waals surface area (Å²) in [6.07, 6.45) is 5.78. The summed E-state index contributed by atoms with van der Waals surface area (Å²) in [6.45, 7) is 2.78. The monoisotopic (exact) mass is 408 g/mol. The van der Waals surface area contributed by atoms with E-state index in [2.05, 4.69) is 15.5 Å². The summed E-state index contributed by atoms with van der Waals surface area (Å²) >= 11 is 0. The number of rotatable bonds is 5. The molecule has 0 spiro atoms. The number of carbonyl (C=O) groups is 2. The van der Waals surface area contributed by atoms with Crippen LogP contribution in [0.4, 0.5) is 0 Å². The van der Waals surface area contributed by atoms with Gasteiger partial charge < -0.3 is 20.1 Å². The van der Waals surface area contributed by atoms with E-state index in [1.165, 1.54) is 6.07 Å². The molecule has 0 radical (unpaired) electrons. The van der Waals surface area contributed by atoms with Gasteiger partial charge in [0.1, 0.15) is 0 Å². The molecule has 0 saturated carbocycles. The van der Waals surface area contributed by atoms with Crippen LogP contribution in [0.15, 0.2) is 29.2 Å². The first-order valence-electron chi connectivity index (χ1n) is 10.1. The summed E-state index contributed by atoms with van der Waals surface area (Å²) < 4.78 is 1.54. The summed E-state index contributed by atoms with van der Waals surface area (Å²) in [7, 11) is 0. The molecule has 1 aromatic heterocycles. The zero-order valence-electron chi connectivity index (χ0n) is 16.0. The van der Waals surface area contributed by atoms with Gasteiger partial charge in [0.05, 0.1) is 6.04 Å². The number of halogens is 1. The summed E-state index contributed by atoms with van der Waals surface area (Å²) in [4.78, 5) is 38.8. The van der Waals surface area contributed by atoms with Crippen LogP contribution in [-0.4, -0.2) is 53.0 Å². The topological polar surface area (TPSA) is 83.4 Å². The zero-order chi connectivity index (χ0) is 18.8. The van der Waals surface area contributed by atoms with Gasteiger partial charge in [0.15, 0.2) is 0 Å². The highest BCUT2D eigenvalue weighted by molar-refractivity contribution is 5.85. The molecular weight excluding hydrogens is 380 g/mol. The van der Waals surface area contributed by atoms with E-state index in [0.717, 1.165) is 32.4 Å². The number of carbonyl (C=O) groups excluding carboxylic acids is 2. The van der Waals surface area contributed by atoms with Crippen molar-refractivity contribution in [1.82, 2.24) is 20.1 Å². The maximum atomic E-state index is 12.6. The maximum Gasteiger partial charge on any atom is 0.250 e. The Kier molecular flexibility index (Phi) is 6.78. The SMILES string of the molecule is Cl.O=C(CCn1ccccc1=O)NC[C@H]1[C@@H]2CNC[C@@H](C2)[C@@H]2CCCC(=O)N21.